The van der Waals surface area contributed by atoms with Gasteiger partial charge in [-0.05, 0) is 6.42 Å². The van der Waals surface area contributed by atoms with Crippen molar-refractivity contribution >= 4 is 24.5 Å². The summed E-state index contributed by atoms with van der Waals surface area (Å²) in [6.07, 6.45) is 0.469. The van der Waals surface area contributed by atoms with E-state index in [1.54, 1.807) is 0 Å². The van der Waals surface area contributed by atoms with Gasteiger partial charge in [-0.25, -0.2) is 0 Å². The Morgan fingerprint density at radius 2 is 2.15 bits per heavy atom. The first-order chi connectivity index (χ1) is 6.07. The summed E-state index contributed by atoms with van der Waals surface area (Å²) in [5.74, 6) is -0.877. The van der Waals surface area contributed by atoms with Gasteiger partial charge in [-0.3, -0.25) is 9.59 Å². The lowest BCUT2D eigenvalue weighted by molar-refractivity contribution is -0.137. The average molecular weight is 206 g/mol. The highest BCUT2D eigenvalue weighted by molar-refractivity contribution is 7.80. The van der Waals surface area contributed by atoms with Gasteiger partial charge in [-0.1, -0.05) is 0 Å². The molecule has 0 aliphatic heterocycles. The number of carbonyl (C=O) groups excluding carboxylic acids is 1. The van der Waals surface area contributed by atoms with Crippen LogP contribution in [0.15, 0.2) is 0 Å². The van der Waals surface area contributed by atoms with Crippen LogP contribution in [-0.4, -0.2) is 35.3 Å². The Morgan fingerprint density at radius 1 is 1.54 bits per heavy atom. The predicted octanol–water partition coefficient (Wildman–Crippen LogP) is -0.776. The van der Waals surface area contributed by atoms with Crippen LogP contribution < -0.4 is 11.1 Å². The molecule has 0 bridgehead atoms. The zero-order valence-corrected chi connectivity index (χ0v) is 8.09. The van der Waals surface area contributed by atoms with Crippen molar-refractivity contribution in [1.29, 1.82) is 0 Å². The van der Waals surface area contributed by atoms with Crippen LogP contribution in [-0.2, 0) is 9.59 Å². The van der Waals surface area contributed by atoms with E-state index in [1.165, 1.54) is 0 Å². The fraction of sp³-hybridized carbons (Fsp3) is 0.714. The number of carboxylic acids is 1. The molecule has 0 aromatic heterocycles. The van der Waals surface area contributed by atoms with Crippen molar-refractivity contribution in [3.05, 3.63) is 0 Å². The SMILES string of the molecule is N[C@@H](CS)C(=O)NCCCC(=O)O. The number of hydrogen-bond acceptors (Lipinski definition) is 4. The molecule has 0 heterocycles. The van der Waals surface area contributed by atoms with E-state index in [4.69, 9.17) is 10.8 Å². The number of nitrogens with one attached hydrogen (secondary N) is 1. The quantitative estimate of drug-likeness (QED) is 0.339. The summed E-state index contributed by atoms with van der Waals surface area (Å²) < 4.78 is 0. The molecule has 0 rings (SSSR count). The van der Waals surface area contributed by atoms with Crippen molar-refractivity contribution in [1.82, 2.24) is 5.32 Å². The number of carbonyl (C=O) groups is 2. The molecule has 0 aliphatic rings. The van der Waals surface area contributed by atoms with Crippen LogP contribution in [0.5, 0.6) is 0 Å². The molecule has 76 valence electrons. The van der Waals surface area contributed by atoms with Crippen LogP contribution in [0.1, 0.15) is 12.8 Å². The summed E-state index contributed by atoms with van der Waals surface area (Å²) in [6, 6.07) is -0.617. The predicted molar refractivity (Wildman–Crippen MR) is 51.7 cm³/mol. The molecule has 0 aromatic rings. The smallest absolute Gasteiger partial charge is 0.303 e. The van der Waals surface area contributed by atoms with E-state index in [2.05, 4.69) is 17.9 Å². The summed E-state index contributed by atoms with van der Waals surface area (Å²) >= 11 is 3.85. The second-order valence-electron chi connectivity index (χ2n) is 2.58. The van der Waals surface area contributed by atoms with E-state index in [0.29, 0.717) is 13.0 Å². The van der Waals surface area contributed by atoms with Gasteiger partial charge in [0.15, 0.2) is 0 Å². The van der Waals surface area contributed by atoms with Crippen molar-refractivity contribution in [3.8, 4) is 0 Å². The molecule has 1 amide bonds. The first-order valence-electron chi connectivity index (χ1n) is 3.94. The zero-order chi connectivity index (χ0) is 10.3. The number of hydrogen-bond donors (Lipinski definition) is 4. The van der Waals surface area contributed by atoms with Gasteiger partial charge in [0.1, 0.15) is 0 Å². The van der Waals surface area contributed by atoms with Gasteiger partial charge in [-0.15, -0.1) is 0 Å². The fourth-order valence-electron chi connectivity index (χ4n) is 0.665. The number of nitrogens with two attached hydrogens (primary N) is 1. The number of carboxylic acid groups (broad SMARTS) is 1. The number of thiol groups is 1. The molecule has 0 spiro atoms. The zero-order valence-electron chi connectivity index (χ0n) is 7.19. The van der Waals surface area contributed by atoms with Gasteiger partial charge in [0, 0.05) is 18.7 Å². The number of rotatable bonds is 6. The average Bonchev–Trinajstić information content (AvgIpc) is 2.10. The summed E-state index contributed by atoms with van der Waals surface area (Å²) in [4.78, 5) is 21.1. The second kappa shape index (κ2) is 6.73. The Bertz CT molecular complexity index is 187. The molecule has 4 N–H and O–H groups in total. The lowest BCUT2D eigenvalue weighted by Crippen LogP contribution is -2.42. The van der Waals surface area contributed by atoms with Crippen molar-refractivity contribution in [2.45, 2.75) is 18.9 Å². The highest BCUT2D eigenvalue weighted by atomic mass is 32.1. The molecule has 1 atom stereocenters. The van der Waals surface area contributed by atoms with Gasteiger partial charge < -0.3 is 16.2 Å². The Kier molecular flexibility index (Phi) is 6.34. The van der Waals surface area contributed by atoms with E-state index >= 15 is 0 Å². The second-order valence-corrected chi connectivity index (χ2v) is 2.94. The maximum absolute atomic E-state index is 11.0. The molecular weight excluding hydrogens is 192 g/mol. The topological polar surface area (TPSA) is 92.4 Å². The van der Waals surface area contributed by atoms with E-state index in [-0.39, 0.29) is 18.1 Å². The molecule has 0 aliphatic carbocycles. The van der Waals surface area contributed by atoms with Crippen LogP contribution in [0, 0.1) is 0 Å². The standard InChI is InChI=1S/C7H14N2O3S/c8-5(4-13)7(12)9-3-1-2-6(10)11/h5,13H,1-4,8H2,(H,9,12)(H,10,11)/t5-/m0/s1. The molecule has 13 heavy (non-hydrogen) atoms. The first kappa shape index (κ1) is 12.2. The van der Waals surface area contributed by atoms with Gasteiger partial charge in [-0.2, -0.15) is 12.6 Å². The van der Waals surface area contributed by atoms with Crippen LogP contribution in [0.4, 0.5) is 0 Å². The summed E-state index contributed by atoms with van der Waals surface area (Å²) in [6.45, 7) is 0.340. The third-order valence-corrected chi connectivity index (χ3v) is 1.79. The summed E-state index contributed by atoms with van der Waals surface area (Å²) in [7, 11) is 0. The number of aliphatic carboxylic acids is 1. The molecule has 6 heteroatoms. The Hall–Kier alpha value is -0.750. The fourth-order valence-corrected chi connectivity index (χ4v) is 0.831. The van der Waals surface area contributed by atoms with E-state index in [0.717, 1.165) is 0 Å². The number of amides is 1. The first-order valence-corrected chi connectivity index (χ1v) is 4.57. The third kappa shape index (κ3) is 6.41. The van der Waals surface area contributed by atoms with Crippen LogP contribution in [0.2, 0.25) is 0 Å². The Labute approximate surface area is 82.1 Å². The highest BCUT2D eigenvalue weighted by Gasteiger charge is 2.09. The lowest BCUT2D eigenvalue weighted by Gasteiger charge is -2.08. The van der Waals surface area contributed by atoms with Gasteiger partial charge >= 0.3 is 5.97 Å². The van der Waals surface area contributed by atoms with E-state index < -0.39 is 12.0 Å². The molecule has 5 nitrogen and oxygen atoms in total. The largest absolute Gasteiger partial charge is 0.481 e. The van der Waals surface area contributed by atoms with Crippen molar-refractivity contribution < 1.29 is 14.7 Å². The van der Waals surface area contributed by atoms with Gasteiger partial charge in [0.25, 0.3) is 0 Å². The summed E-state index contributed by atoms with van der Waals surface area (Å²) in [5, 5.41) is 10.8. The molecule has 0 saturated carbocycles. The highest BCUT2D eigenvalue weighted by Crippen LogP contribution is 1.88. The Morgan fingerprint density at radius 3 is 2.62 bits per heavy atom. The third-order valence-electron chi connectivity index (χ3n) is 1.40. The minimum atomic E-state index is -0.868. The van der Waals surface area contributed by atoms with E-state index in [1.807, 2.05) is 0 Å². The molecule has 0 saturated heterocycles. The molecule has 0 aromatic carbocycles. The van der Waals surface area contributed by atoms with E-state index in [9.17, 15) is 9.59 Å². The normalized spacial score (nSPS) is 12.2. The van der Waals surface area contributed by atoms with Crippen molar-refractivity contribution in [3.63, 3.8) is 0 Å². The van der Waals surface area contributed by atoms with Crippen molar-refractivity contribution in [2.24, 2.45) is 5.73 Å². The van der Waals surface area contributed by atoms with Gasteiger partial charge in [0.2, 0.25) is 5.91 Å². The maximum atomic E-state index is 11.0. The minimum absolute atomic E-state index is 0.0520. The molecule has 0 radical (unpaired) electrons. The van der Waals surface area contributed by atoms with Crippen LogP contribution >= 0.6 is 12.6 Å². The van der Waals surface area contributed by atoms with Crippen LogP contribution in [0.25, 0.3) is 0 Å². The minimum Gasteiger partial charge on any atom is -0.481 e. The maximum Gasteiger partial charge on any atom is 0.303 e. The summed E-state index contributed by atoms with van der Waals surface area (Å²) in [5.41, 5.74) is 5.35. The van der Waals surface area contributed by atoms with Gasteiger partial charge in [0.05, 0.1) is 6.04 Å². The van der Waals surface area contributed by atoms with Crippen molar-refractivity contribution in [2.75, 3.05) is 12.3 Å². The monoisotopic (exact) mass is 206 g/mol. The molecule has 0 fully saturated rings. The molecular formula is C7H14N2O3S. The lowest BCUT2D eigenvalue weighted by atomic mass is 10.3. The van der Waals surface area contributed by atoms with Crippen LogP contribution in [0.3, 0.4) is 0 Å². The Balaban J connectivity index is 3.42. The molecule has 0 unspecified atom stereocenters.